The SMILES string of the molecule is CCc1cc([N+](=O)[O-])ccc1S(=O)(=O)Cl. The molecule has 0 aliphatic heterocycles. The Morgan fingerprint density at radius 3 is 2.47 bits per heavy atom. The Morgan fingerprint density at radius 1 is 1.47 bits per heavy atom. The first-order valence-electron chi connectivity index (χ1n) is 4.08. The molecule has 1 aromatic carbocycles. The topological polar surface area (TPSA) is 77.3 Å². The lowest BCUT2D eigenvalue weighted by Gasteiger charge is -2.03. The zero-order valence-electron chi connectivity index (χ0n) is 7.81. The average molecular weight is 250 g/mol. The number of aryl methyl sites for hydroxylation is 1. The first kappa shape index (κ1) is 11.9. The Bertz CT molecular complexity index is 497. The van der Waals surface area contributed by atoms with Gasteiger partial charge in [0.1, 0.15) is 0 Å². The molecule has 5 nitrogen and oxygen atoms in total. The van der Waals surface area contributed by atoms with Crippen LogP contribution in [0.5, 0.6) is 0 Å². The molecule has 0 unspecified atom stereocenters. The summed E-state index contributed by atoms with van der Waals surface area (Å²) in [5, 5.41) is 10.5. The van der Waals surface area contributed by atoms with Gasteiger partial charge in [0.25, 0.3) is 14.7 Å². The molecule has 1 rings (SSSR count). The van der Waals surface area contributed by atoms with E-state index in [-0.39, 0.29) is 10.6 Å². The standard InChI is InChI=1S/C8H8ClNO4S/c1-2-6-5-7(10(11)12)3-4-8(6)15(9,13)14/h3-5H,2H2,1H3. The van der Waals surface area contributed by atoms with Crippen molar-refractivity contribution in [1.82, 2.24) is 0 Å². The highest BCUT2D eigenvalue weighted by atomic mass is 35.7. The molecule has 0 fully saturated rings. The summed E-state index contributed by atoms with van der Waals surface area (Å²) < 4.78 is 22.2. The molecule has 82 valence electrons. The van der Waals surface area contributed by atoms with Gasteiger partial charge in [0.2, 0.25) is 0 Å². The number of hydrogen-bond acceptors (Lipinski definition) is 4. The summed E-state index contributed by atoms with van der Waals surface area (Å²) in [6, 6.07) is 3.49. The van der Waals surface area contributed by atoms with Crippen molar-refractivity contribution in [1.29, 1.82) is 0 Å². The average Bonchev–Trinajstić information content (AvgIpc) is 2.15. The van der Waals surface area contributed by atoms with Gasteiger partial charge >= 0.3 is 0 Å². The Morgan fingerprint density at radius 2 is 2.07 bits per heavy atom. The van der Waals surface area contributed by atoms with Crippen molar-refractivity contribution in [2.75, 3.05) is 0 Å². The van der Waals surface area contributed by atoms with Crippen LogP contribution in [0.3, 0.4) is 0 Å². The van der Waals surface area contributed by atoms with E-state index in [1.54, 1.807) is 6.92 Å². The third-order valence-corrected chi connectivity index (χ3v) is 3.32. The number of non-ortho nitro benzene ring substituents is 1. The van der Waals surface area contributed by atoms with Gasteiger partial charge in [-0.3, -0.25) is 10.1 Å². The fourth-order valence-corrected chi connectivity index (χ4v) is 2.39. The summed E-state index contributed by atoms with van der Waals surface area (Å²) in [6.07, 6.45) is 0.364. The molecule has 0 bridgehead atoms. The Balaban J connectivity index is 3.40. The molecule has 0 atom stereocenters. The lowest BCUT2D eigenvalue weighted by molar-refractivity contribution is -0.385. The molecule has 0 saturated heterocycles. The minimum atomic E-state index is -3.84. The third-order valence-electron chi connectivity index (χ3n) is 1.90. The minimum absolute atomic E-state index is 0.0720. The van der Waals surface area contributed by atoms with Gasteiger partial charge in [-0.2, -0.15) is 0 Å². The molecular weight excluding hydrogens is 242 g/mol. The Labute approximate surface area is 91.2 Å². The van der Waals surface area contributed by atoms with Crippen LogP contribution >= 0.6 is 10.7 Å². The van der Waals surface area contributed by atoms with Crippen LogP contribution in [0.1, 0.15) is 12.5 Å². The second kappa shape index (κ2) is 4.16. The predicted molar refractivity (Wildman–Crippen MR) is 55.5 cm³/mol. The molecule has 0 spiro atoms. The van der Waals surface area contributed by atoms with E-state index in [0.717, 1.165) is 12.1 Å². The fourth-order valence-electron chi connectivity index (χ4n) is 1.19. The number of nitrogens with zero attached hydrogens (tertiary/aromatic N) is 1. The molecule has 1 aromatic rings. The van der Waals surface area contributed by atoms with Crippen molar-refractivity contribution in [2.24, 2.45) is 0 Å². The zero-order valence-corrected chi connectivity index (χ0v) is 9.38. The summed E-state index contributed by atoms with van der Waals surface area (Å²) in [7, 11) is 1.34. The molecule has 0 aliphatic rings. The van der Waals surface area contributed by atoms with Gasteiger partial charge in [0, 0.05) is 22.8 Å². The quantitative estimate of drug-likeness (QED) is 0.467. The van der Waals surface area contributed by atoms with Crippen molar-refractivity contribution in [2.45, 2.75) is 18.2 Å². The number of nitro groups is 1. The summed E-state index contributed by atoms with van der Waals surface area (Å²) in [6.45, 7) is 1.70. The monoisotopic (exact) mass is 249 g/mol. The van der Waals surface area contributed by atoms with Crippen LogP contribution in [0.15, 0.2) is 23.1 Å². The molecule has 7 heteroatoms. The van der Waals surface area contributed by atoms with E-state index in [1.165, 1.54) is 6.07 Å². The molecular formula is C8H8ClNO4S. The highest BCUT2D eigenvalue weighted by molar-refractivity contribution is 8.13. The van der Waals surface area contributed by atoms with E-state index in [4.69, 9.17) is 10.7 Å². The highest BCUT2D eigenvalue weighted by Crippen LogP contribution is 2.24. The summed E-state index contributed by atoms with van der Waals surface area (Å²) in [5.41, 5.74) is 0.204. The van der Waals surface area contributed by atoms with Crippen LogP contribution in [0.4, 0.5) is 5.69 Å². The second-order valence-corrected chi connectivity index (χ2v) is 5.37. The molecule has 0 heterocycles. The molecule has 0 aromatic heterocycles. The van der Waals surface area contributed by atoms with E-state index in [1.807, 2.05) is 0 Å². The highest BCUT2D eigenvalue weighted by Gasteiger charge is 2.17. The van der Waals surface area contributed by atoms with Crippen LogP contribution < -0.4 is 0 Å². The van der Waals surface area contributed by atoms with E-state index >= 15 is 0 Å². The first-order chi connectivity index (χ1) is 6.86. The normalized spacial score (nSPS) is 11.3. The maximum atomic E-state index is 11.1. The Hall–Kier alpha value is -1.14. The van der Waals surface area contributed by atoms with Gasteiger partial charge in [-0.1, -0.05) is 6.92 Å². The molecule has 0 N–H and O–H groups in total. The van der Waals surface area contributed by atoms with Crippen molar-refractivity contribution < 1.29 is 13.3 Å². The number of halogens is 1. The first-order valence-corrected chi connectivity index (χ1v) is 6.39. The predicted octanol–water partition coefficient (Wildman–Crippen LogP) is 2.08. The molecule has 0 aliphatic carbocycles. The number of rotatable bonds is 3. The van der Waals surface area contributed by atoms with Gasteiger partial charge in [0.15, 0.2) is 0 Å². The van der Waals surface area contributed by atoms with E-state index < -0.39 is 14.0 Å². The zero-order chi connectivity index (χ0) is 11.6. The molecule has 0 amide bonds. The van der Waals surface area contributed by atoms with E-state index in [2.05, 4.69) is 0 Å². The maximum absolute atomic E-state index is 11.1. The van der Waals surface area contributed by atoms with E-state index in [0.29, 0.717) is 12.0 Å². The second-order valence-electron chi connectivity index (χ2n) is 2.84. The Kier molecular flexibility index (Phi) is 3.31. The van der Waals surface area contributed by atoms with Crippen LogP contribution in [-0.2, 0) is 15.5 Å². The van der Waals surface area contributed by atoms with Crippen LogP contribution in [0.2, 0.25) is 0 Å². The molecule has 15 heavy (non-hydrogen) atoms. The largest absolute Gasteiger partial charge is 0.269 e. The van der Waals surface area contributed by atoms with Gasteiger partial charge in [0.05, 0.1) is 9.82 Å². The molecule has 0 radical (unpaired) electrons. The smallest absolute Gasteiger partial charge is 0.258 e. The van der Waals surface area contributed by atoms with Crippen LogP contribution in [-0.4, -0.2) is 13.3 Å². The number of benzene rings is 1. The van der Waals surface area contributed by atoms with Gasteiger partial charge < -0.3 is 0 Å². The summed E-state index contributed by atoms with van der Waals surface area (Å²) in [4.78, 5) is 9.80. The maximum Gasteiger partial charge on any atom is 0.269 e. The van der Waals surface area contributed by atoms with Crippen molar-refractivity contribution in [3.63, 3.8) is 0 Å². The summed E-state index contributed by atoms with van der Waals surface area (Å²) in [5.74, 6) is 0. The minimum Gasteiger partial charge on any atom is -0.258 e. The van der Waals surface area contributed by atoms with Crippen LogP contribution in [0, 0.1) is 10.1 Å². The lowest BCUT2D eigenvalue weighted by Crippen LogP contribution is -1.98. The van der Waals surface area contributed by atoms with Crippen molar-refractivity contribution >= 4 is 25.4 Å². The van der Waals surface area contributed by atoms with Crippen LogP contribution in [0.25, 0.3) is 0 Å². The van der Waals surface area contributed by atoms with Gasteiger partial charge in [-0.15, -0.1) is 0 Å². The van der Waals surface area contributed by atoms with E-state index in [9.17, 15) is 18.5 Å². The van der Waals surface area contributed by atoms with Crippen molar-refractivity contribution in [3.8, 4) is 0 Å². The number of nitro benzene ring substituents is 1. The lowest BCUT2D eigenvalue weighted by atomic mass is 10.1. The molecule has 0 saturated carbocycles. The number of hydrogen-bond donors (Lipinski definition) is 0. The summed E-state index contributed by atoms with van der Waals surface area (Å²) >= 11 is 0. The van der Waals surface area contributed by atoms with Gasteiger partial charge in [-0.25, -0.2) is 8.42 Å². The van der Waals surface area contributed by atoms with Gasteiger partial charge in [-0.05, 0) is 18.1 Å². The fraction of sp³-hybridized carbons (Fsp3) is 0.250. The third kappa shape index (κ3) is 2.66. The van der Waals surface area contributed by atoms with Crippen molar-refractivity contribution in [3.05, 3.63) is 33.9 Å².